The lowest BCUT2D eigenvalue weighted by atomic mass is 9.92. The first-order chi connectivity index (χ1) is 8.41. The van der Waals surface area contributed by atoms with Crippen molar-refractivity contribution in [2.75, 3.05) is 19.6 Å². The van der Waals surface area contributed by atoms with E-state index in [4.69, 9.17) is 10.2 Å². The van der Waals surface area contributed by atoms with Crippen LogP contribution < -0.4 is 5.32 Å². The zero-order valence-corrected chi connectivity index (χ0v) is 10.3. The molecule has 0 aromatic rings. The molecular weight excluding hydrogens is 240 g/mol. The maximum atomic E-state index is 12.1. The average molecular weight is 258 g/mol. The lowest BCUT2D eigenvalue weighted by Crippen LogP contribution is -2.54. The van der Waals surface area contributed by atoms with Crippen LogP contribution in [0.1, 0.15) is 19.8 Å². The highest BCUT2D eigenvalue weighted by Crippen LogP contribution is 2.17. The van der Waals surface area contributed by atoms with Gasteiger partial charge in [-0.1, -0.05) is 6.92 Å². The molecule has 0 aliphatic carbocycles. The summed E-state index contributed by atoms with van der Waals surface area (Å²) in [4.78, 5) is 34.3. The zero-order valence-electron chi connectivity index (χ0n) is 10.3. The molecule has 0 aromatic heterocycles. The molecule has 3 N–H and O–H groups in total. The fourth-order valence-corrected chi connectivity index (χ4v) is 2.12. The van der Waals surface area contributed by atoms with Crippen molar-refractivity contribution in [3.8, 4) is 0 Å². The average Bonchev–Trinajstić information content (AvgIpc) is 2.26. The first-order valence-corrected chi connectivity index (χ1v) is 5.87. The molecule has 7 nitrogen and oxygen atoms in total. The standard InChI is InChI=1S/C11H18N2O5/c1-7-3-2-4-12-10(7)11(18)13(5-8(14)15)6-9(16)17/h7,10,12H,2-6H2,1H3,(H,14,15)(H,16,17). The molecule has 0 bridgehead atoms. The largest absolute Gasteiger partial charge is 0.480 e. The Kier molecular flexibility index (Phi) is 5.08. The molecule has 1 fully saturated rings. The van der Waals surface area contributed by atoms with E-state index in [2.05, 4.69) is 5.32 Å². The number of aliphatic carboxylic acids is 2. The topological polar surface area (TPSA) is 107 Å². The summed E-state index contributed by atoms with van der Waals surface area (Å²) in [5, 5.41) is 20.4. The van der Waals surface area contributed by atoms with Crippen LogP contribution in [0.15, 0.2) is 0 Å². The third-order valence-electron chi connectivity index (χ3n) is 3.00. The number of carboxylic acid groups (broad SMARTS) is 2. The molecule has 7 heteroatoms. The van der Waals surface area contributed by atoms with Gasteiger partial charge in [0.25, 0.3) is 0 Å². The monoisotopic (exact) mass is 258 g/mol. The Labute approximate surface area is 105 Å². The van der Waals surface area contributed by atoms with Crippen molar-refractivity contribution in [2.45, 2.75) is 25.8 Å². The molecule has 1 heterocycles. The van der Waals surface area contributed by atoms with Crippen LogP contribution in [-0.4, -0.2) is 58.6 Å². The van der Waals surface area contributed by atoms with Crippen molar-refractivity contribution in [1.82, 2.24) is 10.2 Å². The Balaban J connectivity index is 2.73. The fourth-order valence-electron chi connectivity index (χ4n) is 2.12. The van der Waals surface area contributed by atoms with Crippen LogP contribution in [0.4, 0.5) is 0 Å². The summed E-state index contributed by atoms with van der Waals surface area (Å²) in [5.74, 6) is -2.80. The quantitative estimate of drug-likeness (QED) is 0.606. The van der Waals surface area contributed by atoms with Crippen LogP contribution >= 0.6 is 0 Å². The van der Waals surface area contributed by atoms with E-state index >= 15 is 0 Å². The molecule has 0 radical (unpaired) electrons. The number of piperidine rings is 1. The van der Waals surface area contributed by atoms with Crippen molar-refractivity contribution in [3.63, 3.8) is 0 Å². The lowest BCUT2D eigenvalue weighted by molar-refractivity contribution is -0.151. The van der Waals surface area contributed by atoms with E-state index in [9.17, 15) is 14.4 Å². The van der Waals surface area contributed by atoms with Crippen molar-refractivity contribution in [2.24, 2.45) is 5.92 Å². The Morgan fingerprint density at radius 3 is 2.22 bits per heavy atom. The highest BCUT2D eigenvalue weighted by molar-refractivity contribution is 5.88. The van der Waals surface area contributed by atoms with Crippen LogP contribution in [0.5, 0.6) is 0 Å². The van der Waals surface area contributed by atoms with Crippen LogP contribution in [0.3, 0.4) is 0 Å². The third-order valence-corrected chi connectivity index (χ3v) is 3.00. The van der Waals surface area contributed by atoms with Crippen LogP contribution in [0.2, 0.25) is 0 Å². The van der Waals surface area contributed by atoms with Gasteiger partial charge in [0.05, 0.1) is 6.04 Å². The van der Waals surface area contributed by atoms with E-state index in [1.807, 2.05) is 6.92 Å². The first-order valence-electron chi connectivity index (χ1n) is 5.87. The predicted molar refractivity (Wildman–Crippen MR) is 62.0 cm³/mol. The third kappa shape index (κ3) is 3.99. The molecule has 2 atom stereocenters. The van der Waals surface area contributed by atoms with E-state index in [0.29, 0.717) is 6.54 Å². The summed E-state index contributed by atoms with van der Waals surface area (Å²) in [6.07, 6.45) is 1.83. The van der Waals surface area contributed by atoms with Gasteiger partial charge in [0.15, 0.2) is 0 Å². The summed E-state index contributed by atoms with van der Waals surface area (Å²) in [5.41, 5.74) is 0. The number of nitrogens with zero attached hydrogens (tertiary/aromatic N) is 1. The molecule has 1 aliphatic rings. The summed E-state index contributed by atoms with van der Waals surface area (Å²) in [6.45, 7) is 1.41. The van der Waals surface area contributed by atoms with Crippen LogP contribution in [0.25, 0.3) is 0 Å². The van der Waals surface area contributed by atoms with Gasteiger partial charge in [-0.25, -0.2) is 0 Å². The highest BCUT2D eigenvalue weighted by atomic mass is 16.4. The highest BCUT2D eigenvalue weighted by Gasteiger charge is 2.32. The Bertz CT molecular complexity index is 328. The summed E-state index contributed by atoms with van der Waals surface area (Å²) >= 11 is 0. The molecule has 0 saturated carbocycles. The first kappa shape index (κ1) is 14.4. The minimum Gasteiger partial charge on any atom is -0.480 e. The van der Waals surface area contributed by atoms with Crippen molar-refractivity contribution in [3.05, 3.63) is 0 Å². The minimum atomic E-state index is -1.21. The van der Waals surface area contributed by atoms with E-state index in [1.54, 1.807) is 0 Å². The second kappa shape index (κ2) is 6.34. The molecule has 0 aromatic carbocycles. The van der Waals surface area contributed by atoms with Crippen molar-refractivity contribution < 1.29 is 24.6 Å². The van der Waals surface area contributed by atoms with Gasteiger partial charge in [-0.05, 0) is 25.3 Å². The number of nitrogens with one attached hydrogen (secondary N) is 1. The number of carboxylic acids is 2. The Morgan fingerprint density at radius 2 is 1.78 bits per heavy atom. The van der Waals surface area contributed by atoms with Gasteiger partial charge in [-0.15, -0.1) is 0 Å². The molecular formula is C11H18N2O5. The smallest absolute Gasteiger partial charge is 0.323 e. The van der Waals surface area contributed by atoms with Gasteiger partial charge < -0.3 is 20.4 Å². The number of rotatable bonds is 5. The molecule has 1 amide bonds. The zero-order chi connectivity index (χ0) is 13.7. The SMILES string of the molecule is CC1CCCNC1C(=O)N(CC(=O)O)CC(=O)O. The van der Waals surface area contributed by atoms with Gasteiger partial charge >= 0.3 is 11.9 Å². The van der Waals surface area contributed by atoms with Crippen LogP contribution in [-0.2, 0) is 14.4 Å². The van der Waals surface area contributed by atoms with Gasteiger partial charge in [0.2, 0.25) is 5.91 Å². The van der Waals surface area contributed by atoms with E-state index in [0.717, 1.165) is 17.7 Å². The van der Waals surface area contributed by atoms with E-state index in [1.165, 1.54) is 0 Å². The molecule has 1 rings (SSSR count). The second-order valence-corrected chi connectivity index (χ2v) is 4.53. The number of amides is 1. The van der Waals surface area contributed by atoms with Gasteiger partial charge in [0, 0.05) is 0 Å². The van der Waals surface area contributed by atoms with Gasteiger partial charge in [-0.2, -0.15) is 0 Å². The van der Waals surface area contributed by atoms with Gasteiger partial charge in [-0.3, -0.25) is 14.4 Å². The Hall–Kier alpha value is -1.63. The molecule has 102 valence electrons. The summed E-state index contributed by atoms with van der Waals surface area (Å²) in [6, 6.07) is -0.488. The maximum absolute atomic E-state index is 12.1. The molecule has 1 aliphatic heterocycles. The summed E-state index contributed by atoms with van der Waals surface area (Å²) in [7, 11) is 0. The van der Waals surface area contributed by atoms with E-state index < -0.39 is 37.0 Å². The lowest BCUT2D eigenvalue weighted by Gasteiger charge is -2.32. The Morgan fingerprint density at radius 1 is 1.22 bits per heavy atom. The number of carbonyl (C=O) groups is 3. The predicted octanol–water partition coefficient (Wildman–Crippen LogP) is -0.628. The fraction of sp³-hybridized carbons (Fsp3) is 0.727. The molecule has 18 heavy (non-hydrogen) atoms. The second-order valence-electron chi connectivity index (χ2n) is 4.53. The van der Waals surface area contributed by atoms with Crippen LogP contribution in [0, 0.1) is 5.92 Å². The van der Waals surface area contributed by atoms with E-state index in [-0.39, 0.29) is 5.92 Å². The molecule has 2 unspecified atom stereocenters. The molecule has 0 spiro atoms. The summed E-state index contributed by atoms with van der Waals surface area (Å²) < 4.78 is 0. The minimum absolute atomic E-state index is 0.0799. The maximum Gasteiger partial charge on any atom is 0.323 e. The number of hydrogen-bond donors (Lipinski definition) is 3. The molecule has 1 saturated heterocycles. The van der Waals surface area contributed by atoms with Crippen molar-refractivity contribution in [1.29, 1.82) is 0 Å². The van der Waals surface area contributed by atoms with Crippen molar-refractivity contribution >= 4 is 17.8 Å². The number of hydrogen-bond acceptors (Lipinski definition) is 4. The number of carbonyl (C=O) groups excluding carboxylic acids is 1. The normalized spacial score (nSPS) is 23.4. The van der Waals surface area contributed by atoms with Gasteiger partial charge in [0.1, 0.15) is 13.1 Å².